The van der Waals surface area contributed by atoms with Gasteiger partial charge in [0.15, 0.2) is 5.96 Å². The zero-order valence-electron chi connectivity index (χ0n) is 15.6. The van der Waals surface area contributed by atoms with Crippen molar-refractivity contribution in [3.8, 4) is 0 Å². The van der Waals surface area contributed by atoms with Crippen molar-refractivity contribution in [2.75, 3.05) is 45.4 Å². The number of guanidine groups is 1. The van der Waals surface area contributed by atoms with Crippen molar-refractivity contribution in [2.24, 2.45) is 4.99 Å². The fraction of sp³-hybridized carbons (Fsp3) is 0.500. The van der Waals surface area contributed by atoms with Crippen molar-refractivity contribution in [1.29, 1.82) is 0 Å². The van der Waals surface area contributed by atoms with Crippen LogP contribution in [0.1, 0.15) is 11.3 Å². The summed E-state index contributed by atoms with van der Waals surface area (Å²) in [7, 11) is -1.25. The summed E-state index contributed by atoms with van der Waals surface area (Å²) in [4.78, 5) is 7.59. The Morgan fingerprint density at radius 2 is 1.92 bits per heavy atom. The number of aromatic amines is 1. The largest absolute Gasteiger partial charge is 0.379 e. The summed E-state index contributed by atoms with van der Waals surface area (Å²) in [5.41, 5.74) is 3.66. The number of benzene rings is 1. The predicted molar refractivity (Wildman–Crippen MR) is 107 cm³/mol. The molecule has 0 unspecified atom stereocenters. The van der Waals surface area contributed by atoms with Gasteiger partial charge in [0, 0.05) is 43.0 Å². The number of H-pyrrole nitrogens is 1. The van der Waals surface area contributed by atoms with Crippen LogP contribution in [0.15, 0.2) is 29.3 Å². The molecule has 0 spiro atoms. The molecule has 2 aromatic rings. The number of hydrogen-bond donors (Lipinski definition) is 3. The van der Waals surface area contributed by atoms with E-state index in [4.69, 9.17) is 4.74 Å². The van der Waals surface area contributed by atoms with Crippen LogP contribution < -0.4 is 10.6 Å². The number of aryl methyl sites for hydroxylation is 1. The van der Waals surface area contributed by atoms with Gasteiger partial charge in [0.1, 0.15) is 9.84 Å². The molecule has 1 aromatic carbocycles. The van der Waals surface area contributed by atoms with Crippen LogP contribution in [0.25, 0.3) is 10.9 Å². The molecule has 0 aliphatic heterocycles. The second-order valence-corrected chi connectivity index (χ2v) is 8.45. The van der Waals surface area contributed by atoms with Crippen LogP contribution in [0.5, 0.6) is 0 Å². The molecular formula is C18H28N4O3S. The van der Waals surface area contributed by atoms with Gasteiger partial charge in [-0.2, -0.15) is 0 Å². The highest BCUT2D eigenvalue weighted by atomic mass is 32.2. The van der Waals surface area contributed by atoms with Crippen molar-refractivity contribution in [1.82, 2.24) is 15.6 Å². The lowest BCUT2D eigenvalue weighted by atomic mass is 10.1. The van der Waals surface area contributed by atoms with Crippen LogP contribution in [0, 0.1) is 6.92 Å². The summed E-state index contributed by atoms with van der Waals surface area (Å²) in [6.07, 6.45) is 2.09. The lowest BCUT2D eigenvalue weighted by molar-refractivity contribution is 0.154. The molecule has 0 saturated carbocycles. The van der Waals surface area contributed by atoms with E-state index in [2.05, 4.69) is 45.7 Å². The molecule has 0 aliphatic carbocycles. The molecule has 0 fully saturated rings. The first kappa shape index (κ1) is 20.3. The highest BCUT2D eigenvalue weighted by Gasteiger charge is 2.08. The second kappa shape index (κ2) is 9.59. The summed E-state index contributed by atoms with van der Waals surface area (Å²) in [5.74, 6) is 0.749. The molecule has 7 nitrogen and oxygen atoms in total. The number of fused-ring (bicyclic) bond motifs is 1. The number of nitrogens with zero attached hydrogens (tertiary/aromatic N) is 1. The number of sulfone groups is 1. The van der Waals surface area contributed by atoms with Crippen molar-refractivity contribution in [2.45, 2.75) is 13.3 Å². The van der Waals surface area contributed by atoms with Gasteiger partial charge in [-0.05, 0) is 25.0 Å². The molecule has 0 saturated heterocycles. The van der Waals surface area contributed by atoms with Crippen LogP contribution in [0.3, 0.4) is 0 Å². The lowest BCUT2D eigenvalue weighted by Gasteiger charge is -2.12. The van der Waals surface area contributed by atoms with Crippen molar-refractivity contribution < 1.29 is 13.2 Å². The third-order valence-electron chi connectivity index (χ3n) is 4.06. The predicted octanol–water partition coefficient (Wildman–Crippen LogP) is 1.25. The lowest BCUT2D eigenvalue weighted by Crippen LogP contribution is -2.40. The van der Waals surface area contributed by atoms with Gasteiger partial charge >= 0.3 is 0 Å². The minimum absolute atomic E-state index is 0.0456. The van der Waals surface area contributed by atoms with E-state index in [9.17, 15) is 8.42 Å². The van der Waals surface area contributed by atoms with E-state index in [0.717, 1.165) is 18.5 Å². The number of hydrogen-bond acceptors (Lipinski definition) is 4. The third kappa shape index (κ3) is 6.34. The molecule has 0 amide bonds. The Morgan fingerprint density at radius 3 is 2.65 bits per heavy atom. The monoisotopic (exact) mass is 380 g/mol. The van der Waals surface area contributed by atoms with E-state index in [-0.39, 0.29) is 12.4 Å². The van der Waals surface area contributed by atoms with Gasteiger partial charge in [-0.15, -0.1) is 0 Å². The Bertz CT molecular complexity index is 843. The van der Waals surface area contributed by atoms with Gasteiger partial charge in [0.05, 0.1) is 19.0 Å². The van der Waals surface area contributed by atoms with E-state index in [1.54, 1.807) is 7.05 Å². The molecular weight excluding hydrogens is 352 g/mol. The Balaban J connectivity index is 1.71. The van der Waals surface area contributed by atoms with Crippen LogP contribution in [-0.2, 0) is 21.0 Å². The summed E-state index contributed by atoms with van der Waals surface area (Å²) in [6, 6.07) is 8.31. The highest BCUT2D eigenvalue weighted by molar-refractivity contribution is 7.90. The first-order valence-electron chi connectivity index (χ1n) is 8.67. The number of ether oxygens (including phenoxy) is 1. The van der Waals surface area contributed by atoms with Crippen molar-refractivity contribution >= 4 is 26.7 Å². The van der Waals surface area contributed by atoms with Gasteiger partial charge < -0.3 is 20.4 Å². The first-order chi connectivity index (χ1) is 12.4. The molecule has 26 heavy (non-hydrogen) atoms. The van der Waals surface area contributed by atoms with Gasteiger partial charge in [-0.1, -0.05) is 18.2 Å². The van der Waals surface area contributed by atoms with Gasteiger partial charge in [-0.3, -0.25) is 4.99 Å². The average Bonchev–Trinajstić information content (AvgIpc) is 2.91. The topological polar surface area (TPSA) is 95.6 Å². The minimum atomic E-state index is -2.97. The van der Waals surface area contributed by atoms with Crippen LogP contribution in [-0.4, -0.2) is 64.7 Å². The van der Waals surface area contributed by atoms with Crippen molar-refractivity contribution in [3.05, 3.63) is 35.5 Å². The molecule has 1 aromatic heterocycles. The summed E-state index contributed by atoms with van der Waals surface area (Å²) in [6.45, 7) is 4.06. The van der Waals surface area contributed by atoms with Crippen molar-refractivity contribution in [3.63, 3.8) is 0 Å². The maximum atomic E-state index is 11.0. The van der Waals surface area contributed by atoms with Gasteiger partial charge in [0.25, 0.3) is 0 Å². The summed E-state index contributed by atoms with van der Waals surface area (Å²) < 4.78 is 27.3. The summed E-state index contributed by atoms with van der Waals surface area (Å²) >= 11 is 0. The first-order valence-corrected chi connectivity index (χ1v) is 10.7. The quantitative estimate of drug-likeness (QED) is 0.346. The van der Waals surface area contributed by atoms with Crippen LogP contribution >= 0.6 is 0 Å². The average molecular weight is 381 g/mol. The fourth-order valence-corrected chi connectivity index (χ4v) is 3.16. The molecule has 8 heteroatoms. The van der Waals surface area contributed by atoms with E-state index < -0.39 is 9.84 Å². The van der Waals surface area contributed by atoms with E-state index in [1.807, 2.05) is 6.07 Å². The van der Waals surface area contributed by atoms with E-state index in [0.29, 0.717) is 19.1 Å². The highest BCUT2D eigenvalue weighted by Crippen LogP contribution is 2.21. The molecule has 1 heterocycles. The molecule has 0 aliphatic rings. The zero-order chi connectivity index (χ0) is 19.0. The Morgan fingerprint density at radius 1 is 1.19 bits per heavy atom. The second-order valence-electron chi connectivity index (χ2n) is 6.19. The Kier molecular flexibility index (Phi) is 7.47. The third-order valence-corrected chi connectivity index (χ3v) is 4.96. The molecule has 0 atom stereocenters. The smallest absolute Gasteiger partial charge is 0.191 e. The number of aliphatic imine (C=N–C) groups is 1. The molecule has 3 N–H and O–H groups in total. The Hall–Kier alpha value is -2.06. The number of nitrogens with one attached hydrogen (secondary N) is 3. The fourth-order valence-electron chi connectivity index (χ4n) is 2.74. The van der Waals surface area contributed by atoms with Crippen LogP contribution in [0.2, 0.25) is 0 Å². The number of rotatable bonds is 9. The molecule has 144 valence electrons. The standard InChI is InChI=1S/C18H28N4O3S/c1-14-15(16-6-4-5-7-17(16)22-14)8-9-20-18(19-2)21-10-11-25-12-13-26(3,23)24/h4-7,22H,8-13H2,1-3H3,(H2,19,20,21). The maximum absolute atomic E-state index is 11.0. The van der Waals surface area contributed by atoms with Gasteiger partial charge in [0.2, 0.25) is 0 Å². The maximum Gasteiger partial charge on any atom is 0.191 e. The number of para-hydroxylation sites is 1. The van der Waals surface area contributed by atoms with Crippen LogP contribution in [0.4, 0.5) is 0 Å². The minimum Gasteiger partial charge on any atom is -0.379 e. The zero-order valence-corrected chi connectivity index (χ0v) is 16.4. The van der Waals surface area contributed by atoms with Gasteiger partial charge in [-0.25, -0.2) is 8.42 Å². The SMILES string of the molecule is CN=C(NCCOCCS(C)(=O)=O)NCCc1c(C)[nH]c2ccccc12. The van der Waals surface area contributed by atoms with E-state index >= 15 is 0 Å². The molecule has 2 rings (SSSR count). The Labute approximate surface area is 155 Å². The summed E-state index contributed by atoms with van der Waals surface area (Å²) in [5, 5.41) is 7.70. The molecule has 0 radical (unpaired) electrons. The molecule has 0 bridgehead atoms. The van der Waals surface area contributed by atoms with E-state index in [1.165, 1.54) is 22.9 Å². The number of aromatic nitrogens is 1. The normalized spacial score (nSPS) is 12.5.